The van der Waals surface area contributed by atoms with Crippen molar-refractivity contribution in [3.63, 3.8) is 0 Å². The van der Waals surface area contributed by atoms with E-state index in [1.54, 1.807) is 0 Å². The van der Waals surface area contributed by atoms with Crippen LogP contribution in [-0.4, -0.2) is 28.3 Å². The summed E-state index contributed by atoms with van der Waals surface area (Å²) in [6.45, 7) is 0.890. The Morgan fingerprint density at radius 3 is 2.40 bits per heavy atom. The Morgan fingerprint density at radius 2 is 2.00 bits per heavy atom. The number of carboxylic acids is 1. The fourth-order valence-corrected chi connectivity index (χ4v) is 1.89. The number of ketones is 1. The van der Waals surface area contributed by atoms with E-state index in [1.807, 2.05) is 0 Å². The van der Waals surface area contributed by atoms with Gasteiger partial charge in [0, 0.05) is 24.2 Å². The molecule has 0 aliphatic rings. The molecule has 1 aromatic carbocycles. The molecule has 0 spiro atoms. The van der Waals surface area contributed by atoms with Crippen molar-refractivity contribution in [2.45, 2.75) is 19.4 Å². The predicted octanol–water partition coefficient (Wildman–Crippen LogP) is 0.383. The molecular weight excluding hydrogens is 266 g/mol. The zero-order valence-corrected chi connectivity index (χ0v) is 10.8. The number of carbonyl (C=O) groups is 2. The highest BCUT2D eigenvalue weighted by atomic mass is 16.6. The minimum atomic E-state index is -1.19. The predicted molar refractivity (Wildman–Crippen MR) is 70.4 cm³/mol. The molecule has 0 saturated carbocycles. The number of rotatable bonds is 6. The summed E-state index contributed by atoms with van der Waals surface area (Å²) in [5, 5.41) is 19.9. The first-order chi connectivity index (χ1) is 9.33. The molecule has 1 rings (SSSR count). The van der Waals surface area contributed by atoms with Crippen LogP contribution < -0.4 is 11.5 Å². The quantitative estimate of drug-likeness (QED) is 0.387. The molecule has 108 valence electrons. The molecule has 0 aliphatic carbocycles. The van der Waals surface area contributed by atoms with Crippen molar-refractivity contribution >= 4 is 17.4 Å². The largest absolute Gasteiger partial charge is 0.481 e. The molecule has 8 heteroatoms. The Bertz CT molecular complexity index is 570. The third kappa shape index (κ3) is 2.98. The molecule has 1 aromatic rings. The van der Waals surface area contributed by atoms with Gasteiger partial charge in [-0.1, -0.05) is 0 Å². The number of nitrogens with two attached hydrogens (primary N) is 2. The summed E-state index contributed by atoms with van der Waals surface area (Å²) in [6.07, 6.45) is 0. The van der Waals surface area contributed by atoms with Crippen LogP contribution in [0.3, 0.4) is 0 Å². The zero-order valence-electron chi connectivity index (χ0n) is 10.8. The van der Waals surface area contributed by atoms with Gasteiger partial charge in [-0.25, -0.2) is 0 Å². The van der Waals surface area contributed by atoms with Crippen molar-refractivity contribution in [2.24, 2.45) is 11.5 Å². The SMILES string of the molecule is CC(C(=O)O)c1cc([N+](=O)[O-])cc(CN)c1C(=O)CN. The highest BCUT2D eigenvalue weighted by Gasteiger charge is 2.26. The number of benzene rings is 1. The lowest BCUT2D eigenvalue weighted by atomic mass is 9.89. The van der Waals surface area contributed by atoms with E-state index in [2.05, 4.69) is 0 Å². The van der Waals surface area contributed by atoms with E-state index in [9.17, 15) is 19.7 Å². The lowest BCUT2D eigenvalue weighted by Gasteiger charge is -2.15. The van der Waals surface area contributed by atoms with E-state index in [0.717, 1.165) is 6.07 Å². The maximum Gasteiger partial charge on any atom is 0.310 e. The second-order valence-electron chi connectivity index (χ2n) is 4.22. The topological polar surface area (TPSA) is 150 Å². The van der Waals surface area contributed by atoms with Crippen molar-refractivity contribution in [2.75, 3.05) is 6.54 Å². The highest BCUT2D eigenvalue weighted by Crippen LogP contribution is 2.29. The maximum atomic E-state index is 11.9. The van der Waals surface area contributed by atoms with Crippen LogP contribution in [0.25, 0.3) is 0 Å². The first-order valence-electron chi connectivity index (χ1n) is 5.80. The first kappa shape index (κ1) is 15.7. The summed E-state index contributed by atoms with van der Waals surface area (Å²) < 4.78 is 0. The van der Waals surface area contributed by atoms with Crippen LogP contribution in [0.2, 0.25) is 0 Å². The Hall–Kier alpha value is -2.32. The van der Waals surface area contributed by atoms with Gasteiger partial charge >= 0.3 is 5.97 Å². The fraction of sp³-hybridized carbons (Fsp3) is 0.333. The summed E-state index contributed by atoms with van der Waals surface area (Å²) in [6, 6.07) is 2.25. The molecule has 0 amide bonds. The molecule has 20 heavy (non-hydrogen) atoms. The van der Waals surface area contributed by atoms with E-state index < -0.39 is 22.6 Å². The van der Waals surface area contributed by atoms with Crippen LogP contribution in [-0.2, 0) is 11.3 Å². The van der Waals surface area contributed by atoms with E-state index in [1.165, 1.54) is 13.0 Å². The van der Waals surface area contributed by atoms with Gasteiger partial charge in [0.05, 0.1) is 17.4 Å². The van der Waals surface area contributed by atoms with Crippen molar-refractivity contribution in [3.05, 3.63) is 38.9 Å². The summed E-state index contributed by atoms with van der Waals surface area (Å²) in [7, 11) is 0. The molecule has 0 fully saturated rings. The summed E-state index contributed by atoms with van der Waals surface area (Å²) in [4.78, 5) is 33.2. The number of nitrogens with zero attached hydrogens (tertiary/aromatic N) is 1. The Morgan fingerprint density at radius 1 is 1.40 bits per heavy atom. The van der Waals surface area contributed by atoms with E-state index in [4.69, 9.17) is 16.6 Å². The van der Waals surface area contributed by atoms with Crippen LogP contribution >= 0.6 is 0 Å². The van der Waals surface area contributed by atoms with Gasteiger partial charge in [0.2, 0.25) is 0 Å². The maximum absolute atomic E-state index is 11.9. The van der Waals surface area contributed by atoms with Crippen LogP contribution in [0.1, 0.15) is 34.3 Å². The van der Waals surface area contributed by atoms with Gasteiger partial charge in [0.15, 0.2) is 5.78 Å². The average Bonchev–Trinajstić information content (AvgIpc) is 2.43. The summed E-state index contributed by atoms with van der Waals surface area (Å²) in [5.41, 5.74) is 10.8. The number of nitro benzene ring substituents is 1. The number of carbonyl (C=O) groups excluding carboxylic acids is 1. The Labute approximate surface area is 114 Å². The third-order valence-electron chi connectivity index (χ3n) is 2.97. The van der Waals surface area contributed by atoms with E-state index >= 15 is 0 Å². The number of nitro groups is 1. The number of Topliss-reactive ketones (excluding diaryl/α,β-unsaturated/α-hetero) is 1. The molecule has 1 atom stereocenters. The summed E-state index contributed by atoms with van der Waals surface area (Å²) >= 11 is 0. The fourth-order valence-electron chi connectivity index (χ4n) is 1.89. The van der Waals surface area contributed by atoms with Crippen LogP contribution in [0, 0.1) is 10.1 Å². The van der Waals surface area contributed by atoms with Crippen LogP contribution in [0.15, 0.2) is 12.1 Å². The molecule has 0 radical (unpaired) electrons. The van der Waals surface area contributed by atoms with Gasteiger partial charge in [0.25, 0.3) is 5.69 Å². The van der Waals surface area contributed by atoms with Crippen LogP contribution in [0.4, 0.5) is 5.69 Å². The number of hydrogen-bond donors (Lipinski definition) is 3. The van der Waals surface area contributed by atoms with Gasteiger partial charge < -0.3 is 16.6 Å². The standard InChI is InChI=1S/C12H15N3O5/c1-6(12(17)18)9-3-8(15(19)20)2-7(4-13)11(9)10(16)5-14/h2-3,6H,4-5,13-14H2,1H3,(H,17,18). The number of carboxylic acid groups (broad SMARTS) is 1. The van der Waals surface area contributed by atoms with E-state index in [0.29, 0.717) is 0 Å². The molecule has 1 unspecified atom stereocenters. The van der Waals surface area contributed by atoms with Gasteiger partial charge in [-0.3, -0.25) is 19.7 Å². The van der Waals surface area contributed by atoms with E-state index in [-0.39, 0.29) is 35.5 Å². The molecule has 0 aliphatic heterocycles. The molecule has 8 nitrogen and oxygen atoms in total. The van der Waals surface area contributed by atoms with Gasteiger partial charge in [-0.2, -0.15) is 0 Å². The monoisotopic (exact) mass is 281 g/mol. The van der Waals surface area contributed by atoms with Gasteiger partial charge in [0.1, 0.15) is 0 Å². The molecule has 0 heterocycles. The second-order valence-corrected chi connectivity index (χ2v) is 4.22. The van der Waals surface area contributed by atoms with Crippen molar-refractivity contribution in [1.29, 1.82) is 0 Å². The van der Waals surface area contributed by atoms with Gasteiger partial charge in [-0.15, -0.1) is 0 Å². The average molecular weight is 281 g/mol. The lowest BCUT2D eigenvalue weighted by Crippen LogP contribution is -2.22. The number of hydrogen-bond acceptors (Lipinski definition) is 6. The number of non-ortho nitro benzene ring substituents is 1. The van der Waals surface area contributed by atoms with Gasteiger partial charge in [-0.05, 0) is 18.1 Å². The zero-order chi connectivity index (χ0) is 15.4. The lowest BCUT2D eigenvalue weighted by molar-refractivity contribution is -0.385. The molecule has 0 bridgehead atoms. The van der Waals surface area contributed by atoms with Crippen molar-refractivity contribution in [1.82, 2.24) is 0 Å². The smallest absolute Gasteiger partial charge is 0.310 e. The number of aliphatic carboxylic acids is 1. The first-order valence-corrected chi connectivity index (χ1v) is 5.80. The summed E-state index contributed by atoms with van der Waals surface area (Å²) in [5.74, 6) is -2.77. The molecule has 5 N–H and O–H groups in total. The third-order valence-corrected chi connectivity index (χ3v) is 2.97. The molecular formula is C12H15N3O5. The normalized spacial score (nSPS) is 11.9. The highest BCUT2D eigenvalue weighted by molar-refractivity contribution is 6.01. The van der Waals surface area contributed by atoms with Crippen LogP contribution in [0.5, 0.6) is 0 Å². The Balaban J connectivity index is 3.64. The minimum absolute atomic E-state index is 0.0580. The molecule has 0 saturated heterocycles. The minimum Gasteiger partial charge on any atom is -0.481 e. The molecule has 0 aromatic heterocycles. The van der Waals surface area contributed by atoms with Crippen molar-refractivity contribution in [3.8, 4) is 0 Å². The Kier molecular flexibility index (Phi) is 4.89. The second kappa shape index (κ2) is 6.22. The van der Waals surface area contributed by atoms with Crippen molar-refractivity contribution < 1.29 is 19.6 Å².